The highest BCUT2D eigenvalue weighted by Crippen LogP contribution is 2.50. The van der Waals surface area contributed by atoms with Gasteiger partial charge >= 0.3 is 11.7 Å². The Bertz CT molecular complexity index is 1620. The minimum Gasteiger partial charge on any atom is -0.468 e. The summed E-state index contributed by atoms with van der Waals surface area (Å²) in [6, 6.07) is 28.6. The fraction of sp³-hybridized carbons (Fsp3) is 0.138. The maximum atomic E-state index is 14.3. The molecule has 192 valence electrons. The molecule has 0 saturated heterocycles. The maximum absolute atomic E-state index is 14.3. The zero-order valence-electron chi connectivity index (χ0n) is 21.1. The van der Waals surface area contributed by atoms with Gasteiger partial charge in [-0.25, -0.2) is 4.79 Å². The molecule has 0 radical (unpaired) electrons. The highest BCUT2D eigenvalue weighted by atomic mass is 31.2. The number of fused-ring (bicyclic) bond motifs is 1. The number of hydrogen-bond acceptors (Lipinski definition) is 5. The fourth-order valence-electron chi connectivity index (χ4n) is 5.23. The van der Waals surface area contributed by atoms with Gasteiger partial charge in [0.2, 0.25) is 0 Å². The van der Waals surface area contributed by atoms with Crippen LogP contribution in [0.4, 0.5) is 5.82 Å². The third-order valence-corrected chi connectivity index (χ3v) is 11.4. The Morgan fingerprint density at radius 2 is 1.21 bits per heavy atom. The molecule has 1 aliphatic heterocycles. The van der Waals surface area contributed by atoms with Gasteiger partial charge < -0.3 is 10.1 Å². The van der Waals surface area contributed by atoms with E-state index >= 15 is 0 Å². The predicted octanol–water partition coefficient (Wildman–Crippen LogP) is 1.46. The third kappa shape index (κ3) is 3.68. The molecule has 1 N–H and O–H groups in total. The van der Waals surface area contributed by atoms with Crippen molar-refractivity contribution in [1.82, 2.24) is 9.13 Å². The smallest absolute Gasteiger partial charge is 0.332 e. The molecule has 5 rings (SSSR count). The molecule has 0 aliphatic carbocycles. The van der Waals surface area contributed by atoms with Gasteiger partial charge in [-0.15, -0.1) is 0 Å². The minimum atomic E-state index is -3.06. The summed E-state index contributed by atoms with van der Waals surface area (Å²) in [6.45, 7) is -3.06. The quantitative estimate of drug-likeness (QED) is 0.320. The highest BCUT2D eigenvalue weighted by molar-refractivity contribution is 7.96. The van der Waals surface area contributed by atoms with E-state index in [4.69, 9.17) is 4.74 Å². The molecule has 0 fully saturated rings. The zero-order chi connectivity index (χ0) is 27.0. The van der Waals surface area contributed by atoms with E-state index in [1.165, 1.54) is 25.8 Å². The molecule has 2 heterocycles. The van der Waals surface area contributed by atoms with Gasteiger partial charge in [0.1, 0.15) is 11.7 Å². The second-order valence-corrected chi connectivity index (χ2v) is 12.3. The van der Waals surface area contributed by atoms with Crippen LogP contribution >= 0.6 is 6.89 Å². The zero-order valence-corrected chi connectivity index (χ0v) is 22.0. The summed E-state index contributed by atoms with van der Waals surface area (Å²) < 4.78 is 7.35. The first-order valence-corrected chi connectivity index (χ1v) is 13.7. The van der Waals surface area contributed by atoms with E-state index in [1.807, 2.05) is 91.0 Å². The van der Waals surface area contributed by atoms with Gasteiger partial charge in [-0.1, -0.05) is 91.0 Å². The SMILES string of the molecule is COC(=O)C1C(=P(c2ccccc2)(c2ccccc2)c2ccccc2)C(=O)Nc2c1c(=O)n(C)c(=O)n2C. The van der Waals surface area contributed by atoms with E-state index in [2.05, 4.69) is 5.32 Å². The second-order valence-electron chi connectivity index (χ2n) is 8.94. The molecule has 8 nitrogen and oxygen atoms in total. The number of rotatable bonds is 4. The van der Waals surface area contributed by atoms with Crippen molar-refractivity contribution in [3.05, 3.63) is 117 Å². The van der Waals surface area contributed by atoms with Crippen LogP contribution in [0.3, 0.4) is 0 Å². The number of carbonyl (C=O) groups is 2. The van der Waals surface area contributed by atoms with Crippen molar-refractivity contribution in [1.29, 1.82) is 0 Å². The van der Waals surface area contributed by atoms with Gasteiger partial charge in [-0.3, -0.25) is 23.5 Å². The van der Waals surface area contributed by atoms with E-state index in [0.717, 1.165) is 20.5 Å². The summed E-state index contributed by atoms with van der Waals surface area (Å²) >= 11 is 0. The summed E-state index contributed by atoms with van der Waals surface area (Å²) in [7, 11) is 4.03. The molecule has 38 heavy (non-hydrogen) atoms. The second kappa shape index (κ2) is 9.80. The van der Waals surface area contributed by atoms with Crippen LogP contribution in [0, 0.1) is 0 Å². The van der Waals surface area contributed by atoms with Crippen molar-refractivity contribution < 1.29 is 14.3 Å². The predicted molar refractivity (Wildman–Crippen MR) is 150 cm³/mol. The van der Waals surface area contributed by atoms with E-state index in [1.54, 1.807) is 0 Å². The average molecular weight is 528 g/mol. The first kappa shape index (κ1) is 25.2. The molecule has 0 spiro atoms. The van der Waals surface area contributed by atoms with Gasteiger partial charge in [-0.2, -0.15) is 0 Å². The van der Waals surface area contributed by atoms with E-state index in [-0.39, 0.29) is 16.7 Å². The van der Waals surface area contributed by atoms with E-state index in [9.17, 15) is 19.2 Å². The van der Waals surface area contributed by atoms with Crippen LogP contribution in [-0.4, -0.2) is 33.4 Å². The van der Waals surface area contributed by atoms with Gasteiger partial charge in [0.25, 0.3) is 11.5 Å². The Kier molecular flexibility index (Phi) is 6.51. The van der Waals surface area contributed by atoms with Crippen molar-refractivity contribution in [3.63, 3.8) is 0 Å². The Morgan fingerprint density at radius 3 is 1.63 bits per heavy atom. The van der Waals surface area contributed by atoms with Crippen LogP contribution in [0.2, 0.25) is 0 Å². The van der Waals surface area contributed by atoms with Crippen molar-refractivity contribution >= 4 is 45.8 Å². The van der Waals surface area contributed by atoms with Gasteiger partial charge in [0.05, 0.1) is 12.7 Å². The van der Waals surface area contributed by atoms with E-state index in [0.29, 0.717) is 0 Å². The normalized spacial score (nSPS) is 15.0. The van der Waals surface area contributed by atoms with Crippen molar-refractivity contribution in [2.75, 3.05) is 12.4 Å². The molecule has 1 atom stereocenters. The summed E-state index contributed by atoms with van der Waals surface area (Å²) in [4.78, 5) is 54.2. The van der Waals surface area contributed by atoms with Crippen LogP contribution < -0.4 is 32.5 Å². The lowest BCUT2D eigenvalue weighted by atomic mass is 9.93. The van der Waals surface area contributed by atoms with Crippen LogP contribution in [0.25, 0.3) is 0 Å². The Morgan fingerprint density at radius 1 is 0.763 bits per heavy atom. The Hall–Kier alpha value is -4.42. The number of benzene rings is 3. The number of esters is 1. The number of aromatic nitrogens is 2. The number of amides is 1. The molecule has 9 heteroatoms. The largest absolute Gasteiger partial charge is 0.468 e. The molecule has 1 amide bonds. The number of ether oxygens (including phenoxy) is 1. The molecule has 3 aromatic carbocycles. The highest BCUT2D eigenvalue weighted by Gasteiger charge is 2.47. The number of anilines is 1. The minimum absolute atomic E-state index is 0.00298. The standard InChI is InChI=1S/C29H26N3O5P/c1-31-25-23(27(34)32(2)29(31)36)22(28(35)37-3)24(26(33)30-25)38(19-13-7-4-8-14-19,20-15-9-5-10-16-20)21-17-11-6-12-18-21/h4-18,22H,1-3H3,(H,30,33). The molecule has 1 aromatic heterocycles. The first-order valence-electron chi connectivity index (χ1n) is 12.0. The van der Waals surface area contributed by atoms with Gasteiger partial charge in [0.15, 0.2) is 0 Å². The lowest BCUT2D eigenvalue weighted by Crippen LogP contribution is -2.51. The van der Waals surface area contributed by atoms with E-state index < -0.39 is 35.9 Å². The summed E-state index contributed by atoms with van der Waals surface area (Å²) in [5.41, 5.74) is -1.28. The molecular formula is C29H26N3O5P. The van der Waals surface area contributed by atoms with Gasteiger partial charge in [-0.05, 0) is 22.8 Å². The molecule has 0 bridgehead atoms. The Balaban J connectivity index is 2.11. The topological polar surface area (TPSA) is 99.4 Å². The van der Waals surface area contributed by atoms with Gasteiger partial charge in [0, 0.05) is 19.4 Å². The number of methoxy groups -OCH3 is 1. The summed E-state index contributed by atoms with van der Waals surface area (Å²) in [5, 5.41) is 5.53. The van der Waals surface area contributed by atoms with Crippen LogP contribution in [0.15, 0.2) is 101 Å². The maximum Gasteiger partial charge on any atom is 0.332 e. The number of hydrogen-bond donors (Lipinski definition) is 1. The van der Waals surface area contributed by atoms with Crippen molar-refractivity contribution in [2.24, 2.45) is 14.1 Å². The average Bonchev–Trinajstić information content (AvgIpc) is 2.97. The Labute approximate surface area is 219 Å². The molecule has 1 aliphatic rings. The summed E-state index contributed by atoms with van der Waals surface area (Å²) in [5.74, 6) is -2.64. The number of carbonyl (C=O) groups excluding carboxylic acids is 2. The molecule has 1 unspecified atom stereocenters. The fourth-order valence-corrected chi connectivity index (χ4v) is 9.80. The van der Waals surface area contributed by atoms with Crippen molar-refractivity contribution in [2.45, 2.75) is 5.92 Å². The van der Waals surface area contributed by atoms with Crippen LogP contribution in [0.1, 0.15) is 11.5 Å². The first-order chi connectivity index (χ1) is 18.3. The number of nitrogens with one attached hydrogen (secondary N) is 1. The summed E-state index contributed by atoms with van der Waals surface area (Å²) in [6.07, 6.45) is 0. The monoisotopic (exact) mass is 527 g/mol. The van der Waals surface area contributed by atoms with Crippen LogP contribution in [0.5, 0.6) is 0 Å². The lowest BCUT2D eigenvalue weighted by molar-refractivity contribution is -0.141. The number of nitrogens with zero attached hydrogens (tertiary/aromatic N) is 2. The lowest BCUT2D eigenvalue weighted by Gasteiger charge is -2.37. The third-order valence-electron chi connectivity index (χ3n) is 6.95. The molecule has 4 aromatic rings. The molecule has 0 saturated carbocycles. The van der Waals surface area contributed by atoms with Crippen molar-refractivity contribution in [3.8, 4) is 0 Å². The van der Waals surface area contributed by atoms with Crippen LogP contribution in [-0.2, 0) is 28.4 Å². The molecular weight excluding hydrogens is 501 g/mol.